The molecule has 2 fully saturated rings. The van der Waals surface area contributed by atoms with Gasteiger partial charge in [-0.2, -0.15) is 0 Å². The molecule has 1 saturated carbocycles. The molecule has 15 heavy (non-hydrogen) atoms. The average Bonchev–Trinajstić information content (AvgIpc) is 2.75. The lowest BCUT2D eigenvalue weighted by Gasteiger charge is -2.16. The monoisotopic (exact) mass is 205 g/mol. The molecule has 3 rings (SSSR count). The van der Waals surface area contributed by atoms with E-state index >= 15 is 0 Å². The quantitative estimate of drug-likeness (QED) is 0.680. The van der Waals surface area contributed by atoms with Crippen molar-refractivity contribution in [3.8, 4) is 0 Å². The summed E-state index contributed by atoms with van der Waals surface area (Å²) in [6.45, 7) is 4.09. The fourth-order valence-electron chi connectivity index (χ4n) is 3.08. The first kappa shape index (κ1) is 9.34. The summed E-state index contributed by atoms with van der Waals surface area (Å²) in [6.07, 6.45) is 1.25. The van der Waals surface area contributed by atoms with E-state index < -0.39 is 0 Å². The van der Waals surface area contributed by atoms with E-state index in [1.54, 1.807) is 6.07 Å². The Morgan fingerprint density at radius 1 is 1.47 bits per heavy atom. The normalized spacial score (nSPS) is 34.2. The Hall–Kier alpha value is -0.890. The van der Waals surface area contributed by atoms with Crippen molar-refractivity contribution >= 4 is 0 Å². The first-order valence-corrected chi connectivity index (χ1v) is 5.57. The molecule has 1 aromatic rings. The maximum Gasteiger partial charge on any atom is 0.126 e. The fraction of sp³-hybridized carbons (Fsp3) is 0.538. The third-order valence-electron chi connectivity index (χ3n) is 4.06. The molecule has 0 amide bonds. The van der Waals surface area contributed by atoms with Gasteiger partial charge in [0.05, 0.1) is 0 Å². The van der Waals surface area contributed by atoms with Crippen molar-refractivity contribution in [3.05, 3.63) is 35.1 Å². The van der Waals surface area contributed by atoms with E-state index in [1.165, 1.54) is 18.5 Å². The molecule has 0 bridgehead atoms. The van der Waals surface area contributed by atoms with Crippen molar-refractivity contribution in [3.63, 3.8) is 0 Å². The van der Waals surface area contributed by atoms with Gasteiger partial charge >= 0.3 is 0 Å². The van der Waals surface area contributed by atoms with Crippen LogP contribution in [0.25, 0.3) is 0 Å². The molecule has 1 saturated heterocycles. The summed E-state index contributed by atoms with van der Waals surface area (Å²) in [5.74, 6) is 0.715. The Labute approximate surface area is 89.9 Å². The molecule has 80 valence electrons. The number of likely N-dealkylation sites (tertiary alicyclic amines) is 1. The van der Waals surface area contributed by atoms with Crippen LogP contribution in [0.5, 0.6) is 0 Å². The molecule has 0 radical (unpaired) electrons. The largest absolute Gasteiger partial charge is 0.305 e. The first-order chi connectivity index (χ1) is 7.12. The second-order valence-corrected chi connectivity index (χ2v) is 5.22. The lowest BCUT2D eigenvalue weighted by molar-refractivity contribution is 0.363. The van der Waals surface area contributed by atoms with E-state index in [2.05, 4.69) is 18.0 Å². The Morgan fingerprint density at radius 2 is 2.27 bits per heavy atom. The van der Waals surface area contributed by atoms with Gasteiger partial charge in [0.15, 0.2) is 0 Å². The molecule has 0 aromatic heterocycles. The van der Waals surface area contributed by atoms with E-state index in [0.29, 0.717) is 5.41 Å². The van der Waals surface area contributed by atoms with E-state index in [9.17, 15) is 4.39 Å². The number of fused-ring (bicyclic) bond motifs is 1. The number of halogens is 1. The Morgan fingerprint density at radius 3 is 2.87 bits per heavy atom. The van der Waals surface area contributed by atoms with Gasteiger partial charge in [-0.3, -0.25) is 0 Å². The fourth-order valence-corrected chi connectivity index (χ4v) is 3.08. The van der Waals surface area contributed by atoms with Crippen molar-refractivity contribution in [2.24, 2.45) is 5.92 Å². The van der Waals surface area contributed by atoms with Crippen molar-refractivity contribution in [1.29, 1.82) is 0 Å². The lowest BCUT2D eigenvalue weighted by Crippen LogP contribution is -2.22. The number of nitrogens with zero attached hydrogens (tertiary/aromatic N) is 1. The second-order valence-electron chi connectivity index (χ2n) is 5.22. The second kappa shape index (κ2) is 2.82. The number of likely N-dealkylation sites (N-methyl/N-ethyl adjacent to an activating group) is 1. The highest BCUT2D eigenvalue weighted by Crippen LogP contribution is 2.58. The van der Waals surface area contributed by atoms with Crippen LogP contribution in [0.4, 0.5) is 4.39 Å². The van der Waals surface area contributed by atoms with Crippen LogP contribution >= 0.6 is 0 Å². The molecule has 0 spiro atoms. The summed E-state index contributed by atoms with van der Waals surface area (Å²) in [5, 5.41) is 0. The van der Waals surface area contributed by atoms with Gasteiger partial charge < -0.3 is 4.90 Å². The van der Waals surface area contributed by atoms with Crippen LogP contribution in [0, 0.1) is 18.7 Å². The molecule has 1 heterocycles. The zero-order valence-corrected chi connectivity index (χ0v) is 9.26. The number of rotatable bonds is 1. The minimum atomic E-state index is -0.0536. The van der Waals surface area contributed by atoms with Crippen LogP contribution in [0.15, 0.2) is 18.2 Å². The predicted octanol–water partition coefficient (Wildman–Crippen LogP) is 2.34. The van der Waals surface area contributed by atoms with Gasteiger partial charge in [-0.15, -0.1) is 0 Å². The minimum Gasteiger partial charge on any atom is -0.305 e. The summed E-state index contributed by atoms with van der Waals surface area (Å²) >= 11 is 0. The van der Waals surface area contributed by atoms with E-state index in [-0.39, 0.29) is 5.82 Å². The van der Waals surface area contributed by atoms with Crippen LogP contribution in [0.2, 0.25) is 0 Å². The zero-order chi connectivity index (χ0) is 10.6. The molecule has 1 aliphatic carbocycles. The minimum absolute atomic E-state index is 0.0536. The van der Waals surface area contributed by atoms with Gasteiger partial charge in [0.2, 0.25) is 0 Å². The molecule has 2 heteroatoms. The van der Waals surface area contributed by atoms with Crippen molar-refractivity contribution in [2.75, 3.05) is 20.1 Å². The maximum atomic E-state index is 13.5. The van der Waals surface area contributed by atoms with Gasteiger partial charge in [-0.1, -0.05) is 12.1 Å². The summed E-state index contributed by atoms with van der Waals surface area (Å²) in [4.78, 5) is 2.35. The number of hydrogen-bond donors (Lipinski definition) is 0. The number of benzene rings is 1. The van der Waals surface area contributed by atoms with Gasteiger partial charge in [0.25, 0.3) is 0 Å². The Bertz CT molecular complexity index is 415. The summed E-state index contributed by atoms with van der Waals surface area (Å²) in [6, 6.07) is 5.76. The standard InChI is InChI=1S/C13H16FN/c1-9-3-4-10(5-12(9)14)13-6-11(13)7-15(2)8-13/h3-5,11H,6-8H2,1-2H3/t11?,13-/m1/s1. The molecule has 1 aromatic carbocycles. The third-order valence-corrected chi connectivity index (χ3v) is 4.06. The van der Waals surface area contributed by atoms with Crippen molar-refractivity contribution in [1.82, 2.24) is 4.90 Å². The highest BCUT2D eigenvalue weighted by atomic mass is 19.1. The topological polar surface area (TPSA) is 3.24 Å². The molecular weight excluding hydrogens is 189 g/mol. The van der Waals surface area contributed by atoms with Gasteiger partial charge in [0.1, 0.15) is 5.82 Å². The molecule has 1 unspecified atom stereocenters. The zero-order valence-electron chi connectivity index (χ0n) is 9.26. The molecular formula is C13H16FN. The van der Waals surface area contributed by atoms with Crippen LogP contribution in [0.3, 0.4) is 0 Å². The highest BCUT2D eigenvalue weighted by molar-refractivity contribution is 5.38. The predicted molar refractivity (Wildman–Crippen MR) is 58.4 cm³/mol. The highest BCUT2D eigenvalue weighted by Gasteiger charge is 2.59. The third kappa shape index (κ3) is 1.24. The van der Waals surface area contributed by atoms with E-state index in [0.717, 1.165) is 18.0 Å². The van der Waals surface area contributed by atoms with Crippen LogP contribution < -0.4 is 0 Å². The number of piperidine rings is 1. The molecule has 2 aliphatic rings. The van der Waals surface area contributed by atoms with Crippen molar-refractivity contribution < 1.29 is 4.39 Å². The van der Waals surface area contributed by atoms with Crippen LogP contribution in [-0.4, -0.2) is 25.0 Å². The molecule has 1 nitrogen and oxygen atoms in total. The lowest BCUT2D eigenvalue weighted by atomic mass is 9.94. The van der Waals surface area contributed by atoms with Gasteiger partial charge in [0, 0.05) is 18.5 Å². The van der Waals surface area contributed by atoms with Crippen molar-refractivity contribution in [2.45, 2.75) is 18.8 Å². The Balaban J connectivity index is 1.97. The maximum absolute atomic E-state index is 13.5. The summed E-state index contributed by atoms with van der Waals surface area (Å²) in [5.41, 5.74) is 2.25. The summed E-state index contributed by atoms with van der Waals surface area (Å²) in [7, 11) is 2.15. The van der Waals surface area contributed by atoms with E-state index in [4.69, 9.17) is 0 Å². The number of hydrogen-bond acceptors (Lipinski definition) is 1. The molecule has 1 aliphatic heterocycles. The SMILES string of the molecule is Cc1ccc([C@]23CC2CN(C)C3)cc1F. The first-order valence-electron chi connectivity index (χ1n) is 5.57. The van der Waals surface area contributed by atoms with Crippen LogP contribution in [0.1, 0.15) is 17.5 Å². The average molecular weight is 205 g/mol. The molecule has 0 N–H and O–H groups in total. The smallest absolute Gasteiger partial charge is 0.126 e. The Kier molecular flexibility index (Phi) is 1.76. The van der Waals surface area contributed by atoms with Gasteiger partial charge in [-0.25, -0.2) is 4.39 Å². The van der Waals surface area contributed by atoms with E-state index in [1.807, 2.05) is 13.0 Å². The van der Waals surface area contributed by atoms with Gasteiger partial charge in [-0.05, 0) is 43.5 Å². The number of aryl methyl sites for hydroxylation is 1. The summed E-state index contributed by atoms with van der Waals surface area (Å²) < 4.78 is 13.5. The molecule has 2 atom stereocenters. The van der Waals surface area contributed by atoms with Crippen LogP contribution in [-0.2, 0) is 5.41 Å².